The molecular formula is C13H13BrN2O. The molecule has 4 heteroatoms. The maximum Gasteiger partial charge on any atom is 0.321 e. The van der Waals surface area contributed by atoms with Gasteiger partial charge in [-0.05, 0) is 59.5 Å². The van der Waals surface area contributed by atoms with Crippen molar-refractivity contribution in [3.63, 3.8) is 0 Å². The van der Waals surface area contributed by atoms with Gasteiger partial charge < -0.3 is 4.74 Å². The van der Waals surface area contributed by atoms with E-state index in [1.807, 2.05) is 19.9 Å². The molecule has 0 saturated heterocycles. The third-order valence-electron chi connectivity index (χ3n) is 2.56. The first-order valence-corrected chi connectivity index (χ1v) is 6.09. The Bertz CT molecular complexity index is 538. The lowest BCUT2D eigenvalue weighted by Gasteiger charge is -2.10. The topological polar surface area (TPSA) is 35.0 Å². The number of aryl methyl sites for hydroxylation is 2. The van der Waals surface area contributed by atoms with Crippen molar-refractivity contribution in [2.24, 2.45) is 0 Å². The largest absolute Gasteiger partial charge is 0.424 e. The SMILES string of the molecule is Cc1cc(C)c(C)c(Oc2ncc(Br)cn2)c1. The van der Waals surface area contributed by atoms with E-state index in [1.54, 1.807) is 12.4 Å². The molecule has 2 aromatic rings. The first-order chi connectivity index (χ1) is 8.06. The predicted octanol–water partition coefficient (Wildman–Crippen LogP) is 3.96. The van der Waals surface area contributed by atoms with Crippen molar-refractivity contribution in [2.45, 2.75) is 20.8 Å². The molecular weight excluding hydrogens is 280 g/mol. The summed E-state index contributed by atoms with van der Waals surface area (Å²) < 4.78 is 6.52. The molecule has 3 nitrogen and oxygen atoms in total. The van der Waals surface area contributed by atoms with E-state index >= 15 is 0 Å². The van der Waals surface area contributed by atoms with Gasteiger partial charge in [0.05, 0.1) is 4.47 Å². The molecule has 0 amide bonds. The molecule has 0 spiro atoms. The zero-order valence-electron chi connectivity index (χ0n) is 9.99. The molecule has 0 aliphatic rings. The summed E-state index contributed by atoms with van der Waals surface area (Å²) >= 11 is 3.29. The van der Waals surface area contributed by atoms with Crippen molar-refractivity contribution in [1.82, 2.24) is 9.97 Å². The number of benzene rings is 1. The summed E-state index contributed by atoms with van der Waals surface area (Å²) in [6, 6.07) is 4.49. The molecule has 0 unspecified atom stereocenters. The highest BCUT2D eigenvalue weighted by atomic mass is 79.9. The van der Waals surface area contributed by atoms with Crippen LogP contribution in [0.4, 0.5) is 0 Å². The van der Waals surface area contributed by atoms with Crippen molar-refractivity contribution >= 4 is 15.9 Å². The van der Waals surface area contributed by atoms with E-state index in [-0.39, 0.29) is 0 Å². The van der Waals surface area contributed by atoms with E-state index in [1.165, 1.54) is 11.1 Å². The summed E-state index contributed by atoms with van der Waals surface area (Å²) in [6.07, 6.45) is 3.33. The van der Waals surface area contributed by atoms with Gasteiger partial charge in [0, 0.05) is 12.4 Å². The fraction of sp³-hybridized carbons (Fsp3) is 0.231. The molecule has 0 radical (unpaired) electrons. The van der Waals surface area contributed by atoms with Gasteiger partial charge in [-0.1, -0.05) is 6.07 Å². The molecule has 88 valence electrons. The second-order valence-electron chi connectivity index (χ2n) is 3.99. The molecule has 1 aromatic carbocycles. The summed E-state index contributed by atoms with van der Waals surface area (Å²) in [5.74, 6) is 0.810. The minimum atomic E-state index is 0.362. The van der Waals surface area contributed by atoms with Gasteiger partial charge in [-0.2, -0.15) is 0 Å². The van der Waals surface area contributed by atoms with Crippen molar-refractivity contribution in [3.8, 4) is 11.8 Å². The van der Waals surface area contributed by atoms with Crippen LogP contribution in [0.15, 0.2) is 29.0 Å². The highest BCUT2D eigenvalue weighted by molar-refractivity contribution is 9.10. The number of aromatic nitrogens is 2. The Hall–Kier alpha value is -1.42. The Kier molecular flexibility index (Phi) is 3.43. The van der Waals surface area contributed by atoms with Crippen LogP contribution in [0.25, 0.3) is 0 Å². The smallest absolute Gasteiger partial charge is 0.321 e. The van der Waals surface area contributed by atoms with Crippen LogP contribution >= 0.6 is 15.9 Å². The van der Waals surface area contributed by atoms with Gasteiger partial charge in [0.15, 0.2) is 0 Å². The van der Waals surface area contributed by atoms with E-state index in [2.05, 4.69) is 38.9 Å². The van der Waals surface area contributed by atoms with Gasteiger partial charge in [-0.15, -0.1) is 0 Å². The number of halogens is 1. The van der Waals surface area contributed by atoms with E-state index in [9.17, 15) is 0 Å². The summed E-state index contributed by atoms with van der Waals surface area (Å²) in [5.41, 5.74) is 3.49. The van der Waals surface area contributed by atoms with E-state index in [0.29, 0.717) is 6.01 Å². The van der Waals surface area contributed by atoms with Gasteiger partial charge in [0.25, 0.3) is 0 Å². The maximum atomic E-state index is 5.68. The summed E-state index contributed by atoms with van der Waals surface area (Å²) in [7, 11) is 0. The number of rotatable bonds is 2. The van der Waals surface area contributed by atoms with Crippen LogP contribution in [0, 0.1) is 20.8 Å². The average Bonchev–Trinajstić information content (AvgIpc) is 2.28. The lowest BCUT2D eigenvalue weighted by molar-refractivity contribution is 0.437. The molecule has 1 aromatic heterocycles. The first-order valence-electron chi connectivity index (χ1n) is 5.29. The van der Waals surface area contributed by atoms with Crippen molar-refractivity contribution in [1.29, 1.82) is 0 Å². The van der Waals surface area contributed by atoms with Crippen LogP contribution < -0.4 is 4.74 Å². The normalized spacial score (nSPS) is 10.4. The molecule has 1 heterocycles. The van der Waals surface area contributed by atoms with Crippen LogP contribution in [0.2, 0.25) is 0 Å². The fourth-order valence-electron chi connectivity index (χ4n) is 1.56. The van der Waals surface area contributed by atoms with Gasteiger partial charge in [-0.25, -0.2) is 9.97 Å². The average molecular weight is 293 g/mol. The molecule has 0 aliphatic carbocycles. The second-order valence-corrected chi connectivity index (χ2v) is 4.91. The fourth-order valence-corrected chi connectivity index (χ4v) is 1.76. The number of hydrogen-bond acceptors (Lipinski definition) is 3. The quantitative estimate of drug-likeness (QED) is 0.840. The first kappa shape index (κ1) is 12.0. The van der Waals surface area contributed by atoms with Crippen molar-refractivity contribution in [2.75, 3.05) is 0 Å². The standard InChI is InChI=1S/C13H13BrN2O/c1-8-4-9(2)10(3)12(5-8)17-13-15-6-11(14)7-16-13/h4-7H,1-3H3. The molecule has 0 atom stereocenters. The lowest BCUT2D eigenvalue weighted by Crippen LogP contribution is -1.95. The second kappa shape index (κ2) is 4.84. The highest BCUT2D eigenvalue weighted by Crippen LogP contribution is 2.26. The monoisotopic (exact) mass is 292 g/mol. The van der Waals surface area contributed by atoms with E-state index < -0.39 is 0 Å². The van der Waals surface area contributed by atoms with Gasteiger partial charge in [0.1, 0.15) is 5.75 Å². The van der Waals surface area contributed by atoms with Crippen LogP contribution in [0.1, 0.15) is 16.7 Å². The predicted molar refractivity (Wildman–Crippen MR) is 70.5 cm³/mol. The van der Waals surface area contributed by atoms with Crippen LogP contribution in [0.3, 0.4) is 0 Å². The molecule has 17 heavy (non-hydrogen) atoms. The highest BCUT2D eigenvalue weighted by Gasteiger charge is 2.06. The molecule has 0 saturated carbocycles. The number of nitrogens with zero attached hydrogens (tertiary/aromatic N) is 2. The van der Waals surface area contributed by atoms with Crippen LogP contribution in [-0.4, -0.2) is 9.97 Å². The van der Waals surface area contributed by atoms with Crippen molar-refractivity contribution in [3.05, 3.63) is 45.7 Å². The molecule has 2 rings (SSSR count). The summed E-state index contributed by atoms with van der Waals surface area (Å²) in [5, 5.41) is 0. The molecule has 0 N–H and O–H groups in total. The zero-order valence-corrected chi connectivity index (χ0v) is 11.6. The number of ether oxygens (including phenoxy) is 1. The van der Waals surface area contributed by atoms with Crippen LogP contribution in [0.5, 0.6) is 11.8 Å². The van der Waals surface area contributed by atoms with Crippen LogP contribution in [-0.2, 0) is 0 Å². The van der Waals surface area contributed by atoms with Crippen molar-refractivity contribution < 1.29 is 4.74 Å². The third-order valence-corrected chi connectivity index (χ3v) is 2.97. The Morgan fingerprint density at radius 3 is 2.35 bits per heavy atom. The lowest BCUT2D eigenvalue weighted by atomic mass is 10.1. The minimum absolute atomic E-state index is 0.362. The Morgan fingerprint density at radius 1 is 1.06 bits per heavy atom. The van der Waals surface area contributed by atoms with Gasteiger partial charge in [-0.3, -0.25) is 0 Å². The summed E-state index contributed by atoms with van der Waals surface area (Å²) in [6.45, 7) is 6.14. The third kappa shape index (κ3) is 2.82. The minimum Gasteiger partial charge on any atom is -0.424 e. The summed E-state index contributed by atoms with van der Waals surface area (Å²) in [4.78, 5) is 8.19. The van der Waals surface area contributed by atoms with E-state index in [4.69, 9.17) is 4.74 Å². The van der Waals surface area contributed by atoms with Gasteiger partial charge in [0.2, 0.25) is 0 Å². The van der Waals surface area contributed by atoms with Gasteiger partial charge >= 0.3 is 6.01 Å². The molecule has 0 aliphatic heterocycles. The molecule has 0 fully saturated rings. The maximum absolute atomic E-state index is 5.68. The molecule has 0 bridgehead atoms. The zero-order chi connectivity index (χ0) is 12.4. The van der Waals surface area contributed by atoms with E-state index in [0.717, 1.165) is 15.8 Å². The Labute approximate surface area is 109 Å². The Balaban J connectivity index is 2.32. The number of hydrogen-bond donors (Lipinski definition) is 0. The Morgan fingerprint density at radius 2 is 1.71 bits per heavy atom.